The van der Waals surface area contributed by atoms with E-state index in [4.69, 9.17) is 14.2 Å². The number of benzene rings is 1. The van der Waals surface area contributed by atoms with E-state index >= 15 is 0 Å². The van der Waals surface area contributed by atoms with Crippen LogP contribution in [0.5, 0.6) is 11.5 Å². The van der Waals surface area contributed by atoms with Crippen LogP contribution >= 0.6 is 23.1 Å². The molecule has 1 aliphatic rings. The molecule has 238 valence electrons. The fraction of sp³-hybridized carbons (Fsp3) is 0.516. The number of thiophene rings is 1. The largest absolute Gasteiger partial charge is 0.493 e. The second kappa shape index (κ2) is 15.9. The van der Waals surface area contributed by atoms with E-state index in [-0.39, 0.29) is 30.9 Å². The number of methoxy groups -OCH3 is 2. The third-order valence-electron chi connectivity index (χ3n) is 7.37. The number of amides is 2. The Morgan fingerprint density at radius 1 is 1.07 bits per heavy atom. The SMILES string of the molecule is CCCCn1c(CNC(=O)c2ccc(OC)c(OC)c2)nnc1S[C@@H](C)C(=O)Nc1sc2c(c1C(=O)OCC)CCCCC2. The average Bonchev–Trinajstić information content (AvgIpc) is 3.48. The number of carbonyl (C=O) groups is 3. The zero-order valence-electron chi connectivity index (χ0n) is 26.0. The van der Waals surface area contributed by atoms with Crippen LogP contribution in [0, 0.1) is 0 Å². The molecule has 1 aliphatic carbocycles. The van der Waals surface area contributed by atoms with Gasteiger partial charge in [0.1, 0.15) is 5.00 Å². The Hall–Kier alpha value is -3.58. The number of unbranched alkanes of at least 4 members (excludes halogenated alkanes) is 1. The van der Waals surface area contributed by atoms with Crippen molar-refractivity contribution in [3.05, 3.63) is 45.6 Å². The minimum Gasteiger partial charge on any atom is -0.493 e. The first kappa shape index (κ1) is 33.3. The minimum atomic E-state index is -0.522. The van der Waals surface area contributed by atoms with Gasteiger partial charge in [-0.2, -0.15) is 0 Å². The molecule has 4 rings (SSSR count). The molecule has 44 heavy (non-hydrogen) atoms. The van der Waals surface area contributed by atoms with Crippen molar-refractivity contribution in [1.82, 2.24) is 20.1 Å². The molecule has 1 atom stereocenters. The van der Waals surface area contributed by atoms with E-state index in [2.05, 4.69) is 27.8 Å². The van der Waals surface area contributed by atoms with Crippen LogP contribution in [0.4, 0.5) is 5.00 Å². The molecular weight excluding hydrogens is 603 g/mol. The van der Waals surface area contributed by atoms with Gasteiger partial charge in [-0.05, 0) is 69.7 Å². The summed E-state index contributed by atoms with van der Waals surface area (Å²) in [6, 6.07) is 4.97. The van der Waals surface area contributed by atoms with E-state index in [1.807, 2.05) is 4.57 Å². The summed E-state index contributed by atoms with van der Waals surface area (Å²) in [6.07, 6.45) is 6.76. The molecule has 2 aromatic heterocycles. The second-order valence-electron chi connectivity index (χ2n) is 10.4. The van der Waals surface area contributed by atoms with Crippen molar-refractivity contribution in [3.8, 4) is 11.5 Å². The lowest BCUT2D eigenvalue weighted by Gasteiger charge is -2.14. The molecule has 0 unspecified atom stereocenters. The molecule has 2 heterocycles. The number of hydrogen-bond acceptors (Lipinski definition) is 10. The molecule has 0 bridgehead atoms. The van der Waals surface area contributed by atoms with Crippen LogP contribution in [0.3, 0.4) is 0 Å². The van der Waals surface area contributed by atoms with Gasteiger partial charge in [0.15, 0.2) is 22.5 Å². The van der Waals surface area contributed by atoms with Gasteiger partial charge in [0.25, 0.3) is 5.91 Å². The van der Waals surface area contributed by atoms with Crippen LogP contribution in [0.2, 0.25) is 0 Å². The van der Waals surface area contributed by atoms with Gasteiger partial charge in [-0.15, -0.1) is 21.5 Å². The Balaban J connectivity index is 1.47. The maximum Gasteiger partial charge on any atom is 0.341 e. The number of aromatic nitrogens is 3. The van der Waals surface area contributed by atoms with Crippen LogP contribution in [0.1, 0.15) is 89.9 Å². The number of ether oxygens (including phenoxy) is 3. The van der Waals surface area contributed by atoms with Gasteiger partial charge in [-0.3, -0.25) is 9.59 Å². The summed E-state index contributed by atoms with van der Waals surface area (Å²) >= 11 is 2.78. The average molecular weight is 644 g/mol. The van der Waals surface area contributed by atoms with Gasteiger partial charge in [-0.1, -0.05) is 31.5 Å². The number of nitrogens with one attached hydrogen (secondary N) is 2. The highest BCUT2D eigenvalue weighted by molar-refractivity contribution is 8.00. The first-order valence-electron chi connectivity index (χ1n) is 15.0. The number of hydrogen-bond donors (Lipinski definition) is 2. The van der Waals surface area contributed by atoms with Crippen LogP contribution in [0.15, 0.2) is 23.4 Å². The fourth-order valence-electron chi connectivity index (χ4n) is 4.99. The van der Waals surface area contributed by atoms with Crippen LogP contribution < -0.4 is 20.1 Å². The third-order valence-corrected chi connectivity index (χ3v) is 9.66. The van der Waals surface area contributed by atoms with Gasteiger partial charge < -0.3 is 29.4 Å². The number of fused-ring (bicyclic) bond motifs is 1. The molecule has 0 saturated heterocycles. The van der Waals surface area contributed by atoms with E-state index in [1.165, 1.54) is 37.3 Å². The molecular formula is C31H41N5O6S2. The monoisotopic (exact) mass is 643 g/mol. The number of thioether (sulfide) groups is 1. The van der Waals surface area contributed by atoms with Gasteiger partial charge in [0.05, 0.1) is 38.2 Å². The van der Waals surface area contributed by atoms with Crippen LogP contribution in [-0.2, 0) is 35.5 Å². The molecule has 11 nitrogen and oxygen atoms in total. The third kappa shape index (κ3) is 7.92. The molecule has 0 saturated carbocycles. The van der Waals surface area contributed by atoms with Gasteiger partial charge in [0, 0.05) is 17.0 Å². The van der Waals surface area contributed by atoms with Crippen molar-refractivity contribution in [2.45, 2.75) is 89.2 Å². The molecule has 2 N–H and O–H groups in total. The lowest BCUT2D eigenvalue weighted by Crippen LogP contribution is -2.25. The zero-order chi connectivity index (χ0) is 31.6. The Labute approximate surface area is 266 Å². The van der Waals surface area contributed by atoms with Crippen molar-refractivity contribution in [3.63, 3.8) is 0 Å². The number of anilines is 1. The summed E-state index contributed by atoms with van der Waals surface area (Å²) in [4.78, 5) is 40.4. The molecule has 0 aliphatic heterocycles. The van der Waals surface area contributed by atoms with E-state index in [1.54, 1.807) is 32.0 Å². The zero-order valence-corrected chi connectivity index (χ0v) is 27.6. The molecule has 0 radical (unpaired) electrons. The van der Waals surface area contributed by atoms with Crippen LogP contribution in [0.25, 0.3) is 0 Å². The quantitative estimate of drug-likeness (QED) is 0.130. The molecule has 2 amide bonds. The predicted molar refractivity (Wildman–Crippen MR) is 171 cm³/mol. The highest BCUT2D eigenvalue weighted by Gasteiger charge is 2.28. The Morgan fingerprint density at radius 3 is 2.57 bits per heavy atom. The summed E-state index contributed by atoms with van der Waals surface area (Å²) in [5.41, 5.74) is 1.94. The maximum absolute atomic E-state index is 13.4. The topological polar surface area (TPSA) is 134 Å². The summed E-state index contributed by atoms with van der Waals surface area (Å²) in [5.74, 6) is 0.685. The Morgan fingerprint density at radius 2 is 1.84 bits per heavy atom. The van der Waals surface area contributed by atoms with Crippen molar-refractivity contribution in [2.75, 3.05) is 26.1 Å². The van der Waals surface area contributed by atoms with Gasteiger partial charge >= 0.3 is 5.97 Å². The lowest BCUT2D eigenvalue weighted by atomic mass is 10.1. The number of esters is 1. The Kier molecular flexibility index (Phi) is 12.1. The summed E-state index contributed by atoms with van der Waals surface area (Å²) < 4.78 is 17.9. The molecule has 0 spiro atoms. The number of aryl methyl sites for hydroxylation is 1. The maximum atomic E-state index is 13.4. The number of carbonyl (C=O) groups excluding carboxylic acids is 3. The second-order valence-corrected chi connectivity index (χ2v) is 12.8. The van der Waals surface area contributed by atoms with Crippen molar-refractivity contribution in [2.24, 2.45) is 0 Å². The highest BCUT2D eigenvalue weighted by Crippen LogP contribution is 2.38. The predicted octanol–water partition coefficient (Wildman–Crippen LogP) is 5.65. The van der Waals surface area contributed by atoms with Crippen LogP contribution in [-0.4, -0.2) is 58.6 Å². The smallest absolute Gasteiger partial charge is 0.341 e. The van der Waals surface area contributed by atoms with E-state index in [0.717, 1.165) is 55.4 Å². The van der Waals surface area contributed by atoms with Crippen molar-refractivity contribution < 1.29 is 28.6 Å². The molecule has 13 heteroatoms. The summed E-state index contributed by atoms with van der Waals surface area (Å²) in [7, 11) is 3.06. The molecule has 3 aromatic rings. The fourth-order valence-corrected chi connectivity index (χ4v) is 7.17. The van der Waals surface area contributed by atoms with Gasteiger partial charge in [0.2, 0.25) is 5.91 Å². The standard InChI is InChI=1S/C31H41N5O6S2/c1-6-8-16-36-25(18-32-28(38)20-14-15-22(40-4)23(17-20)41-5)34-35-31(36)43-19(3)27(37)33-29-26(30(39)42-7-2)21-12-10-9-11-13-24(21)44-29/h14-15,17,19H,6-13,16,18H2,1-5H3,(H,32,38)(H,33,37)/t19-/m0/s1. The Bertz CT molecular complexity index is 1470. The number of rotatable bonds is 14. The minimum absolute atomic E-state index is 0.161. The normalized spacial score (nSPS) is 13.4. The van der Waals surface area contributed by atoms with Crippen molar-refractivity contribution in [1.29, 1.82) is 0 Å². The van der Waals surface area contributed by atoms with Gasteiger partial charge in [-0.25, -0.2) is 4.79 Å². The molecule has 0 fully saturated rings. The molecule has 1 aromatic carbocycles. The first-order valence-corrected chi connectivity index (χ1v) is 16.7. The van der Waals surface area contributed by atoms with E-state index < -0.39 is 5.25 Å². The first-order chi connectivity index (χ1) is 21.3. The number of nitrogens with zero attached hydrogens (tertiary/aromatic N) is 3. The highest BCUT2D eigenvalue weighted by atomic mass is 32.2. The lowest BCUT2D eigenvalue weighted by molar-refractivity contribution is -0.115. The van der Waals surface area contributed by atoms with E-state index in [0.29, 0.717) is 45.2 Å². The summed E-state index contributed by atoms with van der Waals surface area (Å²) in [6.45, 7) is 6.76. The van der Waals surface area contributed by atoms with Crippen molar-refractivity contribution >= 4 is 45.9 Å². The summed E-state index contributed by atoms with van der Waals surface area (Å²) in [5, 5.41) is 15.3. The van der Waals surface area contributed by atoms with E-state index in [9.17, 15) is 14.4 Å².